The van der Waals surface area contributed by atoms with Gasteiger partial charge in [-0.25, -0.2) is 4.79 Å². The lowest BCUT2D eigenvalue weighted by molar-refractivity contribution is -0.116. The lowest BCUT2D eigenvalue weighted by Crippen LogP contribution is -2.36. The Morgan fingerprint density at radius 1 is 0.793 bits per heavy atom. The molecule has 0 saturated carbocycles. The summed E-state index contributed by atoms with van der Waals surface area (Å²) in [7, 11) is 0. The third kappa shape index (κ3) is 2.93. The highest BCUT2D eigenvalue weighted by atomic mass is 16.2. The highest BCUT2D eigenvalue weighted by Crippen LogP contribution is 2.43. The van der Waals surface area contributed by atoms with Crippen LogP contribution in [-0.2, 0) is 4.79 Å². The highest BCUT2D eigenvalue weighted by molar-refractivity contribution is 6.00. The summed E-state index contributed by atoms with van der Waals surface area (Å²) >= 11 is 0. The molecule has 1 atom stereocenters. The largest absolute Gasteiger partial charge is 0.344 e. The van der Waals surface area contributed by atoms with Crippen LogP contribution in [0.25, 0.3) is 11.1 Å². The van der Waals surface area contributed by atoms with Gasteiger partial charge in [0, 0.05) is 23.6 Å². The Morgan fingerprint density at radius 3 is 2.28 bits per heavy atom. The molecule has 2 aromatic carbocycles. The summed E-state index contributed by atoms with van der Waals surface area (Å²) in [4.78, 5) is 42.3. The first-order chi connectivity index (χ1) is 14.1. The fraction of sp³-hybridized carbons (Fsp3) is 0.174. The maximum absolute atomic E-state index is 12.8. The molecule has 2 heterocycles. The number of ketones is 1. The molecule has 0 saturated heterocycles. The van der Waals surface area contributed by atoms with Crippen molar-refractivity contribution in [3.8, 4) is 11.1 Å². The number of anilines is 1. The van der Waals surface area contributed by atoms with Gasteiger partial charge in [-0.1, -0.05) is 54.6 Å². The van der Waals surface area contributed by atoms with Crippen LogP contribution in [0.4, 0.5) is 5.82 Å². The fourth-order valence-corrected chi connectivity index (χ4v) is 4.33. The van der Waals surface area contributed by atoms with Gasteiger partial charge in [0.1, 0.15) is 5.82 Å². The van der Waals surface area contributed by atoms with Gasteiger partial charge in [-0.05, 0) is 29.5 Å². The maximum Gasteiger partial charge on any atom is 0.327 e. The molecule has 144 valence electrons. The van der Waals surface area contributed by atoms with Crippen LogP contribution in [0.1, 0.15) is 36.3 Å². The molecule has 6 heteroatoms. The Kier molecular flexibility index (Phi) is 4.05. The van der Waals surface area contributed by atoms with Crippen LogP contribution in [0.2, 0.25) is 0 Å². The van der Waals surface area contributed by atoms with Gasteiger partial charge < -0.3 is 5.32 Å². The first-order valence-corrected chi connectivity index (χ1v) is 9.67. The van der Waals surface area contributed by atoms with Gasteiger partial charge >= 0.3 is 5.69 Å². The smallest absolute Gasteiger partial charge is 0.327 e. The Labute approximate surface area is 166 Å². The van der Waals surface area contributed by atoms with Crippen LogP contribution < -0.4 is 16.6 Å². The number of nitrogens with one attached hydrogen (secondary N) is 3. The summed E-state index contributed by atoms with van der Waals surface area (Å²) < 4.78 is 0. The number of fused-ring (bicyclic) bond motifs is 1. The highest BCUT2D eigenvalue weighted by Gasteiger charge is 2.37. The van der Waals surface area contributed by atoms with Crippen molar-refractivity contribution >= 4 is 11.6 Å². The van der Waals surface area contributed by atoms with E-state index in [1.807, 2.05) is 54.6 Å². The van der Waals surface area contributed by atoms with E-state index in [1.165, 1.54) is 0 Å². The number of allylic oxidation sites excluding steroid dienone is 2. The van der Waals surface area contributed by atoms with E-state index >= 15 is 0 Å². The predicted molar refractivity (Wildman–Crippen MR) is 111 cm³/mol. The molecule has 0 bridgehead atoms. The number of H-pyrrole nitrogens is 2. The van der Waals surface area contributed by atoms with E-state index in [4.69, 9.17) is 0 Å². The van der Waals surface area contributed by atoms with Crippen molar-refractivity contribution in [2.75, 3.05) is 5.32 Å². The van der Waals surface area contributed by atoms with Crippen LogP contribution in [-0.4, -0.2) is 15.8 Å². The molecule has 29 heavy (non-hydrogen) atoms. The minimum atomic E-state index is -0.564. The zero-order valence-corrected chi connectivity index (χ0v) is 15.6. The topological polar surface area (TPSA) is 94.8 Å². The summed E-state index contributed by atoms with van der Waals surface area (Å²) in [5.74, 6) is -0.0732. The van der Waals surface area contributed by atoms with E-state index in [-0.39, 0.29) is 5.78 Å². The molecule has 0 radical (unpaired) electrons. The molecule has 0 spiro atoms. The van der Waals surface area contributed by atoms with Gasteiger partial charge in [-0.3, -0.25) is 19.6 Å². The van der Waals surface area contributed by atoms with Crippen LogP contribution in [0, 0.1) is 0 Å². The first-order valence-electron chi connectivity index (χ1n) is 9.67. The number of Topliss-reactive ketones (excluding diaryl/α,β-unsaturated/α-hetero) is 1. The normalized spacial score (nSPS) is 18.1. The fourth-order valence-electron chi connectivity index (χ4n) is 4.33. The Morgan fingerprint density at radius 2 is 1.52 bits per heavy atom. The second kappa shape index (κ2) is 6.74. The third-order valence-corrected chi connectivity index (χ3v) is 5.64. The average Bonchev–Trinajstić information content (AvgIpc) is 2.73. The minimum Gasteiger partial charge on any atom is -0.344 e. The van der Waals surface area contributed by atoms with E-state index in [9.17, 15) is 14.4 Å². The average molecular weight is 385 g/mol. The molecule has 0 fully saturated rings. The molecule has 0 amide bonds. The van der Waals surface area contributed by atoms with E-state index in [2.05, 4.69) is 15.3 Å². The molecule has 1 aliphatic carbocycles. The van der Waals surface area contributed by atoms with Gasteiger partial charge in [-0.15, -0.1) is 0 Å². The molecule has 3 aromatic rings. The molecule has 3 N–H and O–H groups in total. The summed E-state index contributed by atoms with van der Waals surface area (Å²) in [5.41, 5.74) is 3.78. The zero-order valence-electron chi connectivity index (χ0n) is 15.6. The zero-order chi connectivity index (χ0) is 20.0. The molecule has 6 nitrogen and oxygen atoms in total. The first kappa shape index (κ1) is 17.4. The van der Waals surface area contributed by atoms with Gasteiger partial charge in [0.2, 0.25) is 0 Å². The quantitative estimate of drug-likeness (QED) is 0.631. The third-order valence-electron chi connectivity index (χ3n) is 5.64. The van der Waals surface area contributed by atoms with Crippen LogP contribution in [0.15, 0.2) is 75.5 Å². The molecular formula is C23H19N3O3. The van der Waals surface area contributed by atoms with Crippen LogP contribution >= 0.6 is 0 Å². The number of hydrogen-bond acceptors (Lipinski definition) is 4. The van der Waals surface area contributed by atoms with Crippen molar-refractivity contribution < 1.29 is 4.79 Å². The number of benzene rings is 2. The second-order valence-electron chi connectivity index (χ2n) is 7.41. The van der Waals surface area contributed by atoms with Crippen molar-refractivity contribution in [2.24, 2.45) is 0 Å². The number of rotatable bonds is 2. The predicted octanol–water partition coefficient (Wildman–Crippen LogP) is 3.29. The van der Waals surface area contributed by atoms with Gasteiger partial charge in [-0.2, -0.15) is 0 Å². The summed E-state index contributed by atoms with van der Waals surface area (Å²) in [6.45, 7) is 0. The maximum atomic E-state index is 12.8. The lowest BCUT2D eigenvalue weighted by Gasteiger charge is -2.32. The van der Waals surface area contributed by atoms with Crippen molar-refractivity contribution in [3.05, 3.63) is 97.8 Å². The molecule has 2 aliphatic rings. The second-order valence-corrected chi connectivity index (χ2v) is 7.41. The van der Waals surface area contributed by atoms with Crippen LogP contribution in [0.5, 0.6) is 0 Å². The minimum absolute atomic E-state index is 0.0483. The molecule has 0 unspecified atom stereocenters. The molecular weight excluding hydrogens is 366 g/mol. The molecule has 5 rings (SSSR count). The van der Waals surface area contributed by atoms with E-state index in [0.29, 0.717) is 29.8 Å². The van der Waals surface area contributed by atoms with Crippen molar-refractivity contribution in [2.45, 2.75) is 25.2 Å². The summed E-state index contributed by atoms with van der Waals surface area (Å²) in [6.07, 6.45) is 1.94. The van der Waals surface area contributed by atoms with E-state index in [0.717, 1.165) is 28.8 Å². The van der Waals surface area contributed by atoms with Gasteiger partial charge in [0.05, 0.1) is 5.56 Å². The van der Waals surface area contributed by atoms with Gasteiger partial charge in [0.25, 0.3) is 5.56 Å². The lowest BCUT2D eigenvalue weighted by atomic mass is 9.76. The van der Waals surface area contributed by atoms with Crippen molar-refractivity contribution in [1.82, 2.24) is 9.97 Å². The Balaban J connectivity index is 1.68. The summed E-state index contributed by atoms with van der Waals surface area (Å²) in [6, 6.07) is 17.9. The monoisotopic (exact) mass is 385 g/mol. The van der Waals surface area contributed by atoms with Crippen molar-refractivity contribution in [3.63, 3.8) is 0 Å². The Bertz CT molecular complexity index is 1250. The number of hydrogen-bond donors (Lipinski definition) is 3. The molecule has 1 aliphatic heterocycles. The Hall–Kier alpha value is -3.67. The van der Waals surface area contributed by atoms with E-state index in [1.54, 1.807) is 0 Å². The van der Waals surface area contributed by atoms with Crippen molar-refractivity contribution in [1.29, 1.82) is 0 Å². The number of carbonyl (C=O) groups is 1. The van der Waals surface area contributed by atoms with Gasteiger partial charge in [0.15, 0.2) is 5.78 Å². The standard InChI is InChI=1S/C23H19N3O3/c27-17-8-4-7-16-19(17)18(20-21(24-16)25-23(29)26-22(20)28)15-11-9-14(10-12-15)13-5-2-1-3-6-13/h1-3,5-6,9-12,18H,4,7-8H2,(H3,24,25,26,28,29)/t18-/m0/s1. The molecule has 1 aromatic heterocycles. The number of aromatic amines is 2. The van der Waals surface area contributed by atoms with Crippen LogP contribution in [0.3, 0.4) is 0 Å². The SMILES string of the molecule is O=C1CCCC2=C1[C@H](c1ccc(-c3ccccc3)cc1)c1c([nH]c(=O)[nH]c1=O)N2. The number of aromatic nitrogens is 2. The van der Waals surface area contributed by atoms with E-state index < -0.39 is 17.2 Å². The summed E-state index contributed by atoms with van der Waals surface area (Å²) in [5, 5.41) is 3.13. The number of carbonyl (C=O) groups excluding carboxylic acids is 1.